The lowest BCUT2D eigenvalue weighted by Gasteiger charge is -2.32. The number of carbonyl (C=O) groups is 1. The van der Waals surface area contributed by atoms with Crippen LogP contribution in [0.25, 0.3) is 11.3 Å². The van der Waals surface area contributed by atoms with Crippen LogP contribution < -0.4 is 10.1 Å². The second kappa shape index (κ2) is 8.92. The van der Waals surface area contributed by atoms with Gasteiger partial charge in [-0.25, -0.2) is 0 Å². The van der Waals surface area contributed by atoms with Crippen LogP contribution in [0.2, 0.25) is 0 Å². The fourth-order valence-electron chi connectivity index (χ4n) is 3.35. The number of hydrogen-bond donors (Lipinski definition) is 1. The van der Waals surface area contributed by atoms with E-state index in [4.69, 9.17) is 4.74 Å². The van der Waals surface area contributed by atoms with Gasteiger partial charge in [0.2, 0.25) is 0 Å². The Morgan fingerprint density at radius 1 is 0.900 bits per heavy atom. The molecule has 1 amide bonds. The van der Waals surface area contributed by atoms with E-state index in [1.807, 2.05) is 65.6 Å². The van der Waals surface area contributed by atoms with Crippen molar-refractivity contribution in [1.29, 1.82) is 0 Å². The van der Waals surface area contributed by atoms with E-state index in [1.54, 1.807) is 7.11 Å². The summed E-state index contributed by atoms with van der Waals surface area (Å²) in [4.78, 5) is 16.8. The Bertz CT molecular complexity index is 980. The lowest BCUT2D eigenvalue weighted by molar-refractivity contribution is 0.0664. The maximum absolute atomic E-state index is 12.6. The molecule has 30 heavy (non-hydrogen) atoms. The molecule has 0 radical (unpaired) electrons. The molecule has 3 aromatic rings. The Morgan fingerprint density at radius 3 is 2.20 bits per heavy atom. The number of nitrogens with one attached hydrogen (secondary N) is 1. The van der Waals surface area contributed by atoms with Crippen molar-refractivity contribution in [3.63, 3.8) is 0 Å². The molecular formula is C23H25N5O2. The first kappa shape index (κ1) is 19.8. The molecule has 0 spiro atoms. The number of nitrogens with zero attached hydrogens (tertiary/aromatic N) is 4. The topological polar surface area (TPSA) is 70.6 Å². The Labute approximate surface area is 176 Å². The van der Waals surface area contributed by atoms with Gasteiger partial charge in [0.25, 0.3) is 5.91 Å². The summed E-state index contributed by atoms with van der Waals surface area (Å²) >= 11 is 0. The molecule has 1 aliphatic rings. The molecule has 1 N–H and O–H groups in total. The van der Waals surface area contributed by atoms with Gasteiger partial charge in [0.15, 0.2) is 5.82 Å². The zero-order valence-electron chi connectivity index (χ0n) is 17.2. The number of ether oxygens (including phenoxy) is 1. The third kappa shape index (κ3) is 4.58. The molecule has 0 unspecified atom stereocenters. The third-order valence-corrected chi connectivity index (χ3v) is 5.25. The summed E-state index contributed by atoms with van der Waals surface area (Å²) in [7, 11) is 3.72. The highest BCUT2D eigenvalue weighted by atomic mass is 16.5. The highest BCUT2D eigenvalue weighted by Crippen LogP contribution is 2.22. The first-order chi connectivity index (χ1) is 14.6. The van der Waals surface area contributed by atoms with Crippen LogP contribution in [0, 0.1) is 0 Å². The molecule has 1 aromatic heterocycles. The van der Waals surface area contributed by atoms with E-state index in [2.05, 4.69) is 27.5 Å². The van der Waals surface area contributed by atoms with Crippen molar-refractivity contribution in [3.8, 4) is 17.0 Å². The summed E-state index contributed by atoms with van der Waals surface area (Å²) in [6.07, 6.45) is 0. The first-order valence-corrected chi connectivity index (χ1v) is 9.95. The summed E-state index contributed by atoms with van der Waals surface area (Å²) in [5.41, 5.74) is 3.32. The summed E-state index contributed by atoms with van der Waals surface area (Å²) < 4.78 is 5.18. The fraction of sp³-hybridized carbons (Fsp3) is 0.261. The molecule has 0 aliphatic carbocycles. The average molecular weight is 403 g/mol. The van der Waals surface area contributed by atoms with E-state index in [0.29, 0.717) is 11.4 Å². The van der Waals surface area contributed by atoms with Crippen LogP contribution in [0.3, 0.4) is 0 Å². The average Bonchev–Trinajstić information content (AvgIpc) is 2.80. The van der Waals surface area contributed by atoms with Crippen molar-refractivity contribution >= 4 is 17.4 Å². The lowest BCUT2D eigenvalue weighted by atomic mass is 10.1. The van der Waals surface area contributed by atoms with E-state index in [0.717, 1.165) is 48.9 Å². The number of amides is 1. The Kier molecular flexibility index (Phi) is 5.90. The van der Waals surface area contributed by atoms with Crippen LogP contribution in [-0.2, 0) is 0 Å². The largest absolute Gasteiger partial charge is 0.497 e. The molecule has 1 fully saturated rings. The van der Waals surface area contributed by atoms with Crippen LogP contribution >= 0.6 is 0 Å². The minimum absolute atomic E-state index is 0.0817. The van der Waals surface area contributed by atoms with Crippen LogP contribution in [0.1, 0.15) is 10.4 Å². The number of likely N-dealkylation sites (N-methyl/N-ethyl adjacent to an activating group) is 1. The van der Waals surface area contributed by atoms with Crippen LogP contribution in [0.4, 0.5) is 11.5 Å². The van der Waals surface area contributed by atoms with Gasteiger partial charge in [-0.1, -0.05) is 0 Å². The standard InChI is InChI=1S/C23H25N5O2/c1-27-13-15-28(16-14-27)23(29)18-3-7-19(8-4-18)24-22-12-11-21(25-26-22)17-5-9-20(30-2)10-6-17/h3-12H,13-16H2,1-2H3,(H,24,26). The van der Waals surface area contributed by atoms with Crippen molar-refractivity contribution in [1.82, 2.24) is 20.0 Å². The van der Waals surface area contributed by atoms with Crippen molar-refractivity contribution in [2.45, 2.75) is 0 Å². The monoisotopic (exact) mass is 403 g/mol. The zero-order chi connectivity index (χ0) is 20.9. The number of carbonyl (C=O) groups excluding carboxylic acids is 1. The van der Waals surface area contributed by atoms with Gasteiger partial charge in [-0.05, 0) is 67.7 Å². The summed E-state index contributed by atoms with van der Waals surface area (Å²) in [5.74, 6) is 1.53. The van der Waals surface area contributed by atoms with Gasteiger partial charge in [0.1, 0.15) is 5.75 Å². The molecule has 1 saturated heterocycles. The quantitative estimate of drug-likeness (QED) is 0.705. The molecule has 0 saturated carbocycles. The van der Waals surface area contributed by atoms with Gasteiger partial charge in [0, 0.05) is 43.0 Å². The molecule has 0 bridgehead atoms. The zero-order valence-corrected chi connectivity index (χ0v) is 17.2. The molecule has 4 rings (SSSR count). The molecular weight excluding hydrogens is 378 g/mol. The highest BCUT2D eigenvalue weighted by Gasteiger charge is 2.20. The third-order valence-electron chi connectivity index (χ3n) is 5.25. The number of aromatic nitrogens is 2. The molecule has 0 atom stereocenters. The van der Waals surface area contributed by atoms with Gasteiger partial charge >= 0.3 is 0 Å². The highest BCUT2D eigenvalue weighted by molar-refractivity contribution is 5.94. The molecule has 7 nitrogen and oxygen atoms in total. The summed E-state index contributed by atoms with van der Waals surface area (Å²) in [6.45, 7) is 3.37. The maximum atomic E-state index is 12.6. The second-order valence-electron chi connectivity index (χ2n) is 7.33. The smallest absolute Gasteiger partial charge is 0.253 e. The van der Waals surface area contributed by atoms with Crippen molar-refractivity contribution < 1.29 is 9.53 Å². The molecule has 7 heteroatoms. The van der Waals surface area contributed by atoms with Crippen molar-refractivity contribution in [2.75, 3.05) is 45.7 Å². The maximum Gasteiger partial charge on any atom is 0.253 e. The SMILES string of the molecule is COc1ccc(-c2ccc(Nc3ccc(C(=O)N4CCN(C)CC4)cc3)nn2)cc1. The Balaban J connectivity index is 1.38. The minimum Gasteiger partial charge on any atom is -0.497 e. The van der Waals surface area contributed by atoms with E-state index >= 15 is 0 Å². The van der Waals surface area contributed by atoms with E-state index in [1.165, 1.54) is 0 Å². The second-order valence-corrected chi connectivity index (χ2v) is 7.33. The molecule has 2 aromatic carbocycles. The normalized spacial score (nSPS) is 14.4. The van der Waals surface area contributed by atoms with Gasteiger partial charge in [0.05, 0.1) is 12.8 Å². The fourth-order valence-corrected chi connectivity index (χ4v) is 3.35. The molecule has 1 aliphatic heterocycles. The number of anilines is 2. The van der Waals surface area contributed by atoms with Crippen LogP contribution in [0.15, 0.2) is 60.7 Å². The number of piperazine rings is 1. The van der Waals surface area contributed by atoms with Gasteiger partial charge in [-0.3, -0.25) is 4.79 Å². The number of hydrogen-bond acceptors (Lipinski definition) is 6. The first-order valence-electron chi connectivity index (χ1n) is 9.95. The van der Waals surface area contributed by atoms with Gasteiger partial charge in [-0.2, -0.15) is 0 Å². The summed E-state index contributed by atoms with van der Waals surface area (Å²) in [5, 5.41) is 11.8. The predicted octanol–water partition coefficient (Wildman–Crippen LogP) is 3.28. The van der Waals surface area contributed by atoms with Crippen molar-refractivity contribution in [2.24, 2.45) is 0 Å². The number of rotatable bonds is 5. The predicted molar refractivity (Wildman–Crippen MR) is 117 cm³/mol. The van der Waals surface area contributed by atoms with Crippen LogP contribution in [-0.4, -0.2) is 66.2 Å². The number of benzene rings is 2. The van der Waals surface area contributed by atoms with Gasteiger partial charge < -0.3 is 19.9 Å². The minimum atomic E-state index is 0.0817. The Morgan fingerprint density at radius 2 is 1.60 bits per heavy atom. The van der Waals surface area contributed by atoms with Crippen LogP contribution in [0.5, 0.6) is 5.75 Å². The van der Waals surface area contributed by atoms with E-state index < -0.39 is 0 Å². The van der Waals surface area contributed by atoms with Crippen molar-refractivity contribution in [3.05, 3.63) is 66.2 Å². The van der Waals surface area contributed by atoms with E-state index in [-0.39, 0.29) is 5.91 Å². The number of methoxy groups -OCH3 is 1. The van der Waals surface area contributed by atoms with Gasteiger partial charge in [-0.15, -0.1) is 10.2 Å². The summed E-state index contributed by atoms with van der Waals surface area (Å²) in [6, 6.07) is 19.0. The molecule has 154 valence electrons. The lowest BCUT2D eigenvalue weighted by Crippen LogP contribution is -2.47. The Hall–Kier alpha value is -3.45. The molecule has 2 heterocycles. The van der Waals surface area contributed by atoms with E-state index in [9.17, 15) is 4.79 Å².